The van der Waals surface area contributed by atoms with Gasteiger partial charge in [0.25, 0.3) is 10.0 Å². The zero-order valence-corrected chi connectivity index (χ0v) is 12.2. The van der Waals surface area contributed by atoms with Crippen molar-refractivity contribution in [3.05, 3.63) is 40.9 Å². The molecule has 0 atom stereocenters. The van der Waals surface area contributed by atoms with Crippen LogP contribution in [0.1, 0.15) is 30.0 Å². The molecule has 1 heterocycles. The molecule has 1 aliphatic rings. The second kappa shape index (κ2) is 5.16. The van der Waals surface area contributed by atoms with E-state index in [4.69, 9.17) is 5.11 Å². The Hall–Kier alpha value is -1.44. The molecule has 106 valence electrons. The first-order valence-corrected chi connectivity index (χ1v) is 8.63. The van der Waals surface area contributed by atoms with Gasteiger partial charge in [0.1, 0.15) is 0 Å². The fourth-order valence-electron chi connectivity index (χ4n) is 1.85. The third-order valence-electron chi connectivity index (χ3n) is 3.16. The molecule has 7 heteroatoms. The van der Waals surface area contributed by atoms with Crippen LogP contribution in [0.3, 0.4) is 0 Å². The van der Waals surface area contributed by atoms with E-state index in [0.717, 1.165) is 18.5 Å². The van der Waals surface area contributed by atoms with Gasteiger partial charge < -0.3 is 5.11 Å². The fraction of sp³-hybridized carbons (Fsp3) is 0.308. The predicted octanol–water partition coefficient (Wildman–Crippen LogP) is 2.31. The maximum Gasteiger partial charge on any atom is 0.263 e. The van der Waals surface area contributed by atoms with Crippen LogP contribution in [0.5, 0.6) is 0 Å². The lowest BCUT2D eigenvalue weighted by Gasteiger charge is -2.05. The summed E-state index contributed by atoms with van der Waals surface area (Å²) in [6.07, 6.45) is 2.27. The van der Waals surface area contributed by atoms with E-state index in [1.165, 1.54) is 23.5 Å². The topological polar surface area (TPSA) is 79.3 Å². The Morgan fingerprint density at radius 1 is 1.30 bits per heavy atom. The van der Waals surface area contributed by atoms with Crippen molar-refractivity contribution in [1.29, 1.82) is 0 Å². The molecule has 5 nitrogen and oxygen atoms in total. The molecule has 0 radical (unpaired) electrons. The molecule has 1 aromatic heterocycles. The predicted molar refractivity (Wildman–Crippen MR) is 77.3 cm³/mol. The molecule has 0 bridgehead atoms. The Labute approximate surface area is 121 Å². The monoisotopic (exact) mass is 310 g/mol. The van der Waals surface area contributed by atoms with E-state index >= 15 is 0 Å². The number of aliphatic hydroxyl groups is 1. The minimum absolute atomic E-state index is 0.106. The van der Waals surface area contributed by atoms with Crippen molar-refractivity contribution in [2.24, 2.45) is 0 Å². The van der Waals surface area contributed by atoms with Gasteiger partial charge >= 0.3 is 0 Å². The van der Waals surface area contributed by atoms with Crippen LogP contribution >= 0.6 is 11.3 Å². The van der Waals surface area contributed by atoms with Crippen molar-refractivity contribution in [1.82, 2.24) is 4.98 Å². The van der Waals surface area contributed by atoms with Gasteiger partial charge in [0.2, 0.25) is 0 Å². The molecule has 0 aliphatic heterocycles. The highest BCUT2D eigenvalue weighted by Gasteiger charge is 2.26. The highest BCUT2D eigenvalue weighted by atomic mass is 32.2. The summed E-state index contributed by atoms with van der Waals surface area (Å²) in [7, 11) is -3.61. The molecule has 1 saturated carbocycles. The maximum absolute atomic E-state index is 12.2. The second-order valence-corrected chi connectivity index (χ2v) is 7.30. The largest absolute Gasteiger partial charge is 0.392 e. The summed E-state index contributed by atoms with van der Waals surface area (Å²) >= 11 is 1.31. The van der Waals surface area contributed by atoms with Crippen molar-refractivity contribution < 1.29 is 13.5 Å². The molecule has 20 heavy (non-hydrogen) atoms. The van der Waals surface area contributed by atoms with E-state index in [1.807, 2.05) is 5.38 Å². The summed E-state index contributed by atoms with van der Waals surface area (Å²) in [5, 5.41) is 11.3. The summed E-state index contributed by atoms with van der Waals surface area (Å²) in [6, 6.07) is 6.13. The Kier molecular flexibility index (Phi) is 3.49. The number of benzene rings is 1. The summed E-state index contributed by atoms with van der Waals surface area (Å²) in [4.78, 5) is 4.47. The number of anilines is 1. The summed E-state index contributed by atoms with van der Waals surface area (Å²) in [5.74, 6) is 0.508. The Morgan fingerprint density at radius 3 is 2.60 bits per heavy atom. The fourth-order valence-corrected chi connectivity index (χ4v) is 3.89. The van der Waals surface area contributed by atoms with Crippen molar-refractivity contribution in [3.63, 3.8) is 0 Å². The van der Waals surface area contributed by atoms with E-state index in [1.54, 1.807) is 12.1 Å². The average Bonchev–Trinajstić information content (AvgIpc) is 3.20. The number of nitrogens with one attached hydrogen (secondary N) is 1. The van der Waals surface area contributed by atoms with Crippen LogP contribution in [0.4, 0.5) is 5.13 Å². The summed E-state index contributed by atoms with van der Waals surface area (Å²) in [6.45, 7) is -0.106. The Balaban J connectivity index is 1.79. The highest BCUT2D eigenvalue weighted by molar-refractivity contribution is 7.93. The SMILES string of the molecule is O=S(=O)(Nc1nc(C2CC2)cs1)c1ccc(CO)cc1. The lowest BCUT2D eigenvalue weighted by molar-refractivity contribution is 0.282. The molecule has 1 aliphatic carbocycles. The van der Waals surface area contributed by atoms with Gasteiger partial charge in [-0.3, -0.25) is 4.72 Å². The average molecular weight is 310 g/mol. The molecule has 0 amide bonds. The molecular formula is C13H14N2O3S2. The molecule has 2 aromatic rings. The molecule has 0 saturated heterocycles. The molecule has 1 aromatic carbocycles. The lowest BCUT2D eigenvalue weighted by Crippen LogP contribution is -2.12. The second-order valence-electron chi connectivity index (χ2n) is 4.76. The summed E-state index contributed by atoms with van der Waals surface area (Å²) < 4.78 is 26.9. The Morgan fingerprint density at radius 2 is 2.00 bits per heavy atom. The van der Waals surface area contributed by atoms with Gasteiger partial charge in [0.05, 0.1) is 17.2 Å². The van der Waals surface area contributed by atoms with E-state index in [9.17, 15) is 8.42 Å². The molecule has 2 N–H and O–H groups in total. The third kappa shape index (κ3) is 2.84. The van der Waals surface area contributed by atoms with Crippen LogP contribution in [0.15, 0.2) is 34.5 Å². The third-order valence-corrected chi connectivity index (χ3v) is 5.42. The van der Waals surface area contributed by atoms with Crippen molar-refractivity contribution in [2.45, 2.75) is 30.3 Å². The van der Waals surface area contributed by atoms with Crippen LogP contribution in [0, 0.1) is 0 Å². The van der Waals surface area contributed by atoms with Gasteiger partial charge in [-0.15, -0.1) is 11.3 Å². The number of rotatable bonds is 5. The van der Waals surface area contributed by atoms with Gasteiger partial charge in [0.15, 0.2) is 5.13 Å². The summed E-state index contributed by atoms with van der Waals surface area (Å²) in [5.41, 5.74) is 1.65. The first-order chi connectivity index (χ1) is 9.58. The van der Waals surface area contributed by atoms with Crippen molar-refractivity contribution in [2.75, 3.05) is 4.72 Å². The number of hydrogen-bond acceptors (Lipinski definition) is 5. The van der Waals surface area contributed by atoms with Gasteiger partial charge in [-0.2, -0.15) is 0 Å². The Bertz CT molecular complexity index is 703. The number of aliphatic hydroxyl groups excluding tert-OH is 1. The standard InChI is InChI=1S/C13H14N2O3S2/c16-7-9-1-5-11(6-2-9)20(17,18)15-13-14-12(8-19-13)10-3-4-10/h1-2,5-6,8,10,16H,3-4,7H2,(H,14,15). The number of sulfonamides is 1. The molecule has 3 rings (SSSR count). The van der Waals surface area contributed by atoms with E-state index in [0.29, 0.717) is 16.6 Å². The van der Waals surface area contributed by atoms with Crippen molar-refractivity contribution in [3.8, 4) is 0 Å². The van der Waals surface area contributed by atoms with Gasteiger partial charge in [-0.1, -0.05) is 12.1 Å². The highest BCUT2D eigenvalue weighted by Crippen LogP contribution is 2.41. The van der Waals surface area contributed by atoms with Gasteiger partial charge in [-0.25, -0.2) is 13.4 Å². The van der Waals surface area contributed by atoms with E-state index in [2.05, 4.69) is 9.71 Å². The molecule has 0 spiro atoms. The van der Waals surface area contributed by atoms with E-state index < -0.39 is 10.0 Å². The number of aromatic nitrogens is 1. The van der Waals surface area contributed by atoms with Crippen LogP contribution in [0.2, 0.25) is 0 Å². The van der Waals surface area contributed by atoms with Crippen molar-refractivity contribution >= 4 is 26.5 Å². The van der Waals surface area contributed by atoms with Crippen LogP contribution in [-0.2, 0) is 16.6 Å². The minimum atomic E-state index is -3.61. The van der Waals surface area contributed by atoms with Gasteiger partial charge in [-0.05, 0) is 30.5 Å². The maximum atomic E-state index is 12.2. The van der Waals surface area contributed by atoms with E-state index in [-0.39, 0.29) is 11.5 Å². The first kappa shape index (κ1) is 13.5. The number of hydrogen-bond donors (Lipinski definition) is 2. The van der Waals surface area contributed by atoms with Crippen LogP contribution in [-0.4, -0.2) is 18.5 Å². The lowest BCUT2D eigenvalue weighted by atomic mass is 10.2. The number of thiazole rings is 1. The first-order valence-electron chi connectivity index (χ1n) is 6.26. The zero-order valence-electron chi connectivity index (χ0n) is 10.6. The smallest absolute Gasteiger partial charge is 0.263 e. The van der Waals surface area contributed by atoms with Crippen LogP contribution < -0.4 is 4.72 Å². The minimum Gasteiger partial charge on any atom is -0.392 e. The van der Waals surface area contributed by atoms with Gasteiger partial charge in [0, 0.05) is 11.3 Å². The number of nitrogens with zero attached hydrogens (tertiary/aromatic N) is 1. The molecule has 1 fully saturated rings. The van der Waals surface area contributed by atoms with Crippen LogP contribution in [0.25, 0.3) is 0 Å². The molecule has 0 unspecified atom stereocenters. The normalized spacial score (nSPS) is 15.2. The quantitative estimate of drug-likeness (QED) is 0.888. The zero-order chi connectivity index (χ0) is 14.2. The molecular weight excluding hydrogens is 296 g/mol.